The molecule has 0 bridgehead atoms. The van der Waals surface area contributed by atoms with Crippen molar-refractivity contribution in [1.29, 1.82) is 0 Å². The Morgan fingerprint density at radius 3 is 2.41 bits per heavy atom. The number of urea groups is 1. The van der Waals surface area contributed by atoms with Crippen molar-refractivity contribution in [3.05, 3.63) is 94.5 Å². The summed E-state index contributed by atoms with van der Waals surface area (Å²) in [4.78, 5) is 28.6. The Hall–Kier alpha value is -3.52. The van der Waals surface area contributed by atoms with Crippen LogP contribution in [0.15, 0.2) is 72.8 Å². The normalized spacial score (nSPS) is 14.3. The molecule has 0 atom stereocenters. The van der Waals surface area contributed by atoms with Crippen molar-refractivity contribution in [1.82, 2.24) is 4.90 Å². The molecule has 176 valence electrons. The van der Waals surface area contributed by atoms with Gasteiger partial charge < -0.3 is 10.2 Å². The van der Waals surface area contributed by atoms with Gasteiger partial charge in [-0.05, 0) is 60.5 Å². The molecule has 1 N–H and O–H groups in total. The molecule has 1 saturated heterocycles. The lowest BCUT2D eigenvalue weighted by Gasteiger charge is -2.35. The largest absolute Gasteiger partial charge is 0.416 e. The van der Waals surface area contributed by atoms with Gasteiger partial charge in [0.05, 0.1) is 16.1 Å². The van der Waals surface area contributed by atoms with Gasteiger partial charge in [-0.15, -0.1) is 0 Å². The molecule has 1 aliphatic heterocycles. The van der Waals surface area contributed by atoms with E-state index in [1.54, 1.807) is 59.5 Å². The van der Waals surface area contributed by atoms with Crippen molar-refractivity contribution in [3.8, 4) is 0 Å². The minimum atomic E-state index is -4.43. The van der Waals surface area contributed by atoms with E-state index in [1.807, 2.05) is 0 Å². The van der Waals surface area contributed by atoms with E-state index < -0.39 is 11.7 Å². The summed E-state index contributed by atoms with van der Waals surface area (Å²) in [6.45, 7) is 1.03. The van der Waals surface area contributed by atoms with Gasteiger partial charge in [0.1, 0.15) is 0 Å². The highest BCUT2D eigenvalue weighted by atomic mass is 35.5. The molecular weight excluding hydrogens is 467 g/mol. The highest BCUT2D eigenvalue weighted by Gasteiger charge is 2.31. The Morgan fingerprint density at radius 1 is 0.971 bits per heavy atom. The lowest BCUT2D eigenvalue weighted by molar-refractivity contribution is -0.137. The summed E-state index contributed by atoms with van der Waals surface area (Å²) in [5.74, 6) is -0.348. The van der Waals surface area contributed by atoms with Gasteiger partial charge in [-0.1, -0.05) is 35.9 Å². The average Bonchev–Trinajstić information content (AvgIpc) is 2.81. The highest BCUT2D eigenvalue weighted by Crippen LogP contribution is 2.30. The summed E-state index contributed by atoms with van der Waals surface area (Å²) in [5, 5.41) is 3.11. The molecule has 3 amide bonds. The van der Waals surface area contributed by atoms with Crippen LogP contribution in [0, 0.1) is 0 Å². The molecule has 3 aromatic rings. The molecule has 0 aliphatic carbocycles. The number of anilines is 2. The lowest BCUT2D eigenvalue weighted by atomic mass is 10.1. The molecule has 1 fully saturated rings. The van der Waals surface area contributed by atoms with Crippen LogP contribution in [0.25, 0.3) is 0 Å². The fraction of sp³-hybridized carbons (Fsp3) is 0.200. The SMILES string of the molecule is O=C(Nc1ccc(N2CCCN(Cc3cccc(C(F)(F)F)c3)C2=O)cc1)c1ccccc1Cl. The van der Waals surface area contributed by atoms with Gasteiger partial charge in [0.2, 0.25) is 0 Å². The molecule has 0 saturated carbocycles. The Morgan fingerprint density at radius 2 is 1.71 bits per heavy atom. The highest BCUT2D eigenvalue weighted by molar-refractivity contribution is 6.34. The average molecular weight is 488 g/mol. The molecule has 9 heteroatoms. The van der Waals surface area contributed by atoms with Gasteiger partial charge in [-0.2, -0.15) is 13.2 Å². The second kappa shape index (κ2) is 9.77. The molecule has 0 unspecified atom stereocenters. The molecule has 3 aromatic carbocycles. The molecule has 0 radical (unpaired) electrons. The molecule has 0 spiro atoms. The van der Waals surface area contributed by atoms with Crippen molar-refractivity contribution in [2.75, 3.05) is 23.3 Å². The number of benzene rings is 3. The van der Waals surface area contributed by atoms with Gasteiger partial charge in [-0.3, -0.25) is 9.69 Å². The van der Waals surface area contributed by atoms with Crippen molar-refractivity contribution in [3.63, 3.8) is 0 Å². The van der Waals surface area contributed by atoms with E-state index in [1.165, 1.54) is 11.0 Å². The second-order valence-corrected chi connectivity index (χ2v) is 8.30. The maximum absolute atomic E-state index is 13.0. The number of nitrogens with zero attached hydrogens (tertiary/aromatic N) is 2. The summed E-state index contributed by atoms with van der Waals surface area (Å²) in [7, 11) is 0. The van der Waals surface area contributed by atoms with Gasteiger partial charge in [-0.25, -0.2) is 4.79 Å². The van der Waals surface area contributed by atoms with Gasteiger partial charge >= 0.3 is 12.2 Å². The third-order valence-corrected chi connectivity index (χ3v) is 5.82. The number of nitrogens with one attached hydrogen (secondary N) is 1. The van der Waals surface area contributed by atoms with Crippen LogP contribution in [0.3, 0.4) is 0 Å². The Labute approximate surface area is 199 Å². The van der Waals surface area contributed by atoms with Crippen LogP contribution in [0.4, 0.5) is 29.3 Å². The Kier molecular flexibility index (Phi) is 6.79. The van der Waals surface area contributed by atoms with Crippen molar-refractivity contribution >= 4 is 34.9 Å². The number of halogens is 4. The number of carbonyl (C=O) groups excluding carboxylic acids is 2. The number of amides is 3. The maximum Gasteiger partial charge on any atom is 0.416 e. The van der Waals surface area contributed by atoms with E-state index in [4.69, 9.17) is 11.6 Å². The Bertz CT molecular complexity index is 1200. The zero-order chi connectivity index (χ0) is 24.3. The topological polar surface area (TPSA) is 52.7 Å². The smallest absolute Gasteiger partial charge is 0.322 e. The van der Waals surface area contributed by atoms with Crippen LogP contribution in [-0.4, -0.2) is 29.9 Å². The minimum absolute atomic E-state index is 0.0885. The fourth-order valence-electron chi connectivity index (χ4n) is 3.80. The lowest BCUT2D eigenvalue weighted by Crippen LogP contribution is -2.49. The molecule has 34 heavy (non-hydrogen) atoms. The number of carbonyl (C=O) groups is 2. The molecule has 5 nitrogen and oxygen atoms in total. The quantitative estimate of drug-likeness (QED) is 0.450. The van der Waals surface area contributed by atoms with Gasteiger partial charge in [0, 0.05) is 31.0 Å². The van der Waals surface area contributed by atoms with Crippen LogP contribution in [0.2, 0.25) is 5.02 Å². The first-order chi connectivity index (χ1) is 16.2. The van der Waals surface area contributed by atoms with Crippen molar-refractivity contribution < 1.29 is 22.8 Å². The number of hydrogen-bond acceptors (Lipinski definition) is 2. The first kappa shape index (κ1) is 23.6. The van der Waals surface area contributed by atoms with Crippen LogP contribution >= 0.6 is 11.6 Å². The summed E-state index contributed by atoms with van der Waals surface area (Å²) < 4.78 is 39.0. The van der Waals surface area contributed by atoms with Crippen LogP contribution < -0.4 is 10.2 Å². The third kappa shape index (κ3) is 5.34. The number of rotatable bonds is 5. The fourth-order valence-corrected chi connectivity index (χ4v) is 4.02. The van der Waals surface area contributed by atoms with E-state index >= 15 is 0 Å². The van der Waals surface area contributed by atoms with Crippen LogP contribution in [-0.2, 0) is 12.7 Å². The number of alkyl halides is 3. The Balaban J connectivity index is 1.44. The predicted molar refractivity (Wildman–Crippen MR) is 125 cm³/mol. The molecule has 0 aromatic heterocycles. The maximum atomic E-state index is 13.0. The molecule has 4 rings (SSSR count). The van der Waals surface area contributed by atoms with Crippen LogP contribution in [0.5, 0.6) is 0 Å². The zero-order valence-corrected chi connectivity index (χ0v) is 18.7. The predicted octanol–water partition coefficient (Wildman–Crippen LogP) is 6.44. The zero-order valence-electron chi connectivity index (χ0n) is 18.0. The monoisotopic (exact) mass is 487 g/mol. The molecule has 1 aliphatic rings. The van der Waals surface area contributed by atoms with Crippen LogP contribution in [0.1, 0.15) is 27.9 Å². The molecular formula is C25H21ClF3N3O2. The summed E-state index contributed by atoms with van der Waals surface area (Å²) >= 11 is 6.07. The van der Waals surface area contributed by atoms with E-state index in [9.17, 15) is 22.8 Å². The summed E-state index contributed by atoms with van der Waals surface area (Å²) in [5.41, 5.74) is 1.21. The summed E-state index contributed by atoms with van der Waals surface area (Å²) in [6, 6.07) is 18.2. The van der Waals surface area contributed by atoms with Gasteiger partial charge in [0.25, 0.3) is 5.91 Å². The van der Waals surface area contributed by atoms with Gasteiger partial charge in [0.15, 0.2) is 0 Å². The first-order valence-corrected chi connectivity index (χ1v) is 11.0. The van der Waals surface area contributed by atoms with E-state index in [-0.39, 0.29) is 18.5 Å². The summed E-state index contributed by atoms with van der Waals surface area (Å²) in [6.07, 6.45) is -3.76. The van der Waals surface area contributed by atoms with E-state index in [0.29, 0.717) is 47.0 Å². The van der Waals surface area contributed by atoms with E-state index in [0.717, 1.165) is 12.1 Å². The number of hydrogen-bond donors (Lipinski definition) is 1. The third-order valence-electron chi connectivity index (χ3n) is 5.49. The standard InChI is InChI=1S/C25H21ClF3N3O2/c26-22-8-2-1-7-21(22)23(33)30-19-9-11-20(12-10-19)32-14-4-13-31(24(32)34)16-17-5-3-6-18(15-17)25(27,28)29/h1-3,5-12,15H,4,13-14,16H2,(H,30,33). The van der Waals surface area contributed by atoms with Crippen molar-refractivity contribution in [2.24, 2.45) is 0 Å². The molecule has 1 heterocycles. The van der Waals surface area contributed by atoms with E-state index in [2.05, 4.69) is 5.32 Å². The van der Waals surface area contributed by atoms with Crippen molar-refractivity contribution in [2.45, 2.75) is 19.1 Å². The second-order valence-electron chi connectivity index (χ2n) is 7.89. The first-order valence-electron chi connectivity index (χ1n) is 10.6. The minimum Gasteiger partial charge on any atom is -0.322 e.